The third-order valence-corrected chi connectivity index (χ3v) is 10.5. The number of nitrogens with zero attached hydrogens (tertiary/aromatic N) is 3. The second kappa shape index (κ2) is 11.6. The van der Waals surface area contributed by atoms with E-state index in [2.05, 4.69) is 91.0 Å². The first-order valence-electron chi connectivity index (χ1n) is 16.6. The van der Waals surface area contributed by atoms with Gasteiger partial charge < -0.3 is 4.42 Å². The Bertz CT molecular complexity index is 2820. The molecule has 4 nitrogen and oxygen atoms in total. The van der Waals surface area contributed by atoms with Crippen LogP contribution in [0.2, 0.25) is 0 Å². The van der Waals surface area contributed by atoms with Gasteiger partial charge in [0, 0.05) is 53.2 Å². The van der Waals surface area contributed by atoms with Crippen LogP contribution >= 0.6 is 11.3 Å². The summed E-state index contributed by atoms with van der Waals surface area (Å²) in [5, 5.41) is 4.73. The Hall–Kier alpha value is -6.43. The minimum Gasteiger partial charge on any atom is -0.455 e. The van der Waals surface area contributed by atoms with Crippen LogP contribution in [0.15, 0.2) is 168 Å². The highest BCUT2D eigenvalue weighted by molar-refractivity contribution is 7.25. The fourth-order valence-electron chi connectivity index (χ4n) is 6.90. The predicted molar refractivity (Wildman–Crippen MR) is 207 cm³/mol. The van der Waals surface area contributed by atoms with E-state index in [9.17, 15) is 0 Å². The van der Waals surface area contributed by atoms with Gasteiger partial charge in [0.05, 0.1) is 0 Å². The van der Waals surface area contributed by atoms with Crippen LogP contribution in [0.25, 0.3) is 98.5 Å². The molecule has 0 saturated carbocycles. The van der Waals surface area contributed by atoms with E-state index in [1.54, 1.807) is 0 Å². The maximum absolute atomic E-state index is 6.54. The molecule has 0 N–H and O–H groups in total. The van der Waals surface area contributed by atoms with Crippen LogP contribution in [0.1, 0.15) is 0 Å². The number of rotatable bonds is 5. The van der Waals surface area contributed by atoms with Crippen molar-refractivity contribution >= 4 is 53.4 Å². The Morgan fingerprint density at radius 2 is 0.940 bits per heavy atom. The standard InChI is InChI=1S/C45H27N3OS/c1-3-12-28(13-4-1)43-46-44(29-14-5-2-6-15-29)48-45(47-43)33-25-31(30-22-23-41-38(27-30)36-17-8-10-21-40(36)50-41)24-32(26-33)34-18-11-19-37-35-16-7-9-20-39(35)49-42(34)37/h1-27H. The van der Waals surface area contributed by atoms with E-state index in [-0.39, 0.29) is 0 Å². The molecule has 3 aromatic heterocycles. The SMILES string of the molecule is c1ccc(-c2nc(-c3ccccc3)nc(-c3cc(-c4ccc5sc6ccccc6c5c4)cc(-c4cccc5c4oc4ccccc45)c3)n2)cc1. The van der Waals surface area contributed by atoms with E-state index in [1.807, 2.05) is 84.1 Å². The van der Waals surface area contributed by atoms with Gasteiger partial charge in [-0.2, -0.15) is 0 Å². The number of hydrogen-bond acceptors (Lipinski definition) is 5. The minimum atomic E-state index is 0.611. The summed E-state index contributed by atoms with van der Waals surface area (Å²) in [4.78, 5) is 15.2. The summed E-state index contributed by atoms with van der Waals surface area (Å²) in [6.45, 7) is 0. The van der Waals surface area contributed by atoms with Crippen molar-refractivity contribution in [1.29, 1.82) is 0 Å². The summed E-state index contributed by atoms with van der Waals surface area (Å²) in [5.41, 5.74) is 8.76. The van der Waals surface area contributed by atoms with Crippen LogP contribution in [0.5, 0.6) is 0 Å². The monoisotopic (exact) mass is 657 g/mol. The first kappa shape index (κ1) is 28.6. The van der Waals surface area contributed by atoms with Crippen LogP contribution in [0.3, 0.4) is 0 Å². The lowest BCUT2D eigenvalue weighted by Gasteiger charge is -2.13. The molecule has 0 atom stereocenters. The van der Waals surface area contributed by atoms with Gasteiger partial charge in [-0.05, 0) is 59.2 Å². The molecule has 0 aliphatic rings. The summed E-state index contributed by atoms with van der Waals surface area (Å²) in [5.74, 6) is 1.87. The highest BCUT2D eigenvalue weighted by Crippen LogP contribution is 2.41. The molecule has 0 fully saturated rings. The molecule has 234 valence electrons. The van der Waals surface area contributed by atoms with E-state index in [0.717, 1.165) is 60.9 Å². The quantitative estimate of drug-likeness (QED) is 0.185. The summed E-state index contributed by atoms with van der Waals surface area (Å²) in [7, 11) is 0. The molecule has 0 radical (unpaired) electrons. The van der Waals surface area contributed by atoms with Crippen molar-refractivity contribution in [2.24, 2.45) is 0 Å². The minimum absolute atomic E-state index is 0.611. The van der Waals surface area contributed by atoms with Crippen LogP contribution in [-0.2, 0) is 0 Å². The largest absolute Gasteiger partial charge is 0.455 e. The summed E-state index contributed by atoms with van der Waals surface area (Å²) in [6, 6.07) is 56.9. The van der Waals surface area contributed by atoms with Gasteiger partial charge in [0.15, 0.2) is 17.5 Å². The molecule has 3 heterocycles. The zero-order valence-electron chi connectivity index (χ0n) is 26.7. The maximum atomic E-state index is 6.54. The van der Waals surface area contributed by atoms with Crippen LogP contribution in [0, 0.1) is 0 Å². The highest BCUT2D eigenvalue weighted by atomic mass is 32.1. The van der Waals surface area contributed by atoms with Gasteiger partial charge in [-0.1, -0.05) is 121 Å². The Kier molecular flexibility index (Phi) is 6.64. The van der Waals surface area contributed by atoms with E-state index in [1.165, 1.54) is 20.2 Å². The van der Waals surface area contributed by atoms with Crippen LogP contribution in [0.4, 0.5) is 0 Å². The summed E-state index contributed by atoms with van der Waals surface area (Å²) < 4.78 is 9.10. The Balaban J connectivity index is 1.24. The van der Waals surface area contributed by atoms with Gasteiger partial charge in [0.2, 0.25) is 0 Å². The molecule has 0 aliphatic heterocycles. The topological polar surface area (TPSA) is 51.8 Å². The average molecular weight is 658 g/mol. The molecule has 0 aliphatic carbocycles. The molecule has 0 bridgehead atoms. The highest BCUT2D eigenvalue weighted by Gasteiger charge is 2.18. The Morgan fingerprint density at radius 3 is 1.70 bits per heavy atom. The molecule has 0 unspecified atom stereocenters. The fraction of sp³-hybridized carbons (Fsp3) is 0. The number of aromatic nitrogens is 3. The van der Waals surface area contributed by atoms with Crippen molar-refractivity contribution in [2.75, 3.05) is 0 Å². The predicted octanol–water partition coefficient (Wildman–Crippen LogP) is 12.5. The lowest BCUT2D eigenvalue weighted by molar-refractivity contribution is 0.670. The number of thiophene rings is 1. The van der Waals surface area contributed by atoms with Crippen molar-refractivity contribution in [2.45, 2.75) is 0 Å². The van der Waals surface area contributed by atoms with Crippen molar-refractivity contribution in [3.63, 3.8) is 0 Å². The number of hydrogen-bond donors (Lipinski definition) is 0. The number of fused-ring (bicyclic) bond motifs is 6. The zero-order chi connectivity index (χ0) is 33.0. The molecular formula is C45H27N3OS. The Morgan fingerprint density at radius 1 is 0.360 bits per heavy atom. The second-order valence-electron chi connectivity index (χ2n) is 12.4. The summed E-state index contributed by atoms with van der Waals surface area (Å²) in [6.07, 6.45) is 0. The molecular weight excluding hydrogens is 631 g/mol. The molecule has 5 heteroatoms. The maximum Gasteiger partial charge on any atom is 0.164 e. The van der Waals surface area contributed by atoms with E-state index in [4.69, 9.17) is 19.4 Å². The third-order valence-electron chi connectivity index (χ3n) is 9.32. The first-order chi connectivity index (χ1) is 24.7. The van der Waals surface area contributed by atoms with Crippen molar-refractivity contribution in [1.82, 2.24) is 15.0 Å². The van der Waals surface area contributed by atoms with Gasteiger partial charge in [0.25, 0.3) is 0 Å². The van der Waals surface area contributed by atoms with Gasteiger partial charge in [-0.3, -0.25) is 0 Å². The van der Waals surface area contributed by atoms with Crippen LogP contribution in [-0.4, -0.2) is 15.0 Å². The van der Waals surface area contributed by atoms with E-state index < -0.39 is 0 Å². The third kappa shape index (κ3) is 4.87. The molecule has 10 aromatic rings. The number of furan rings is 1. The summed E-state index contributed by atoms with van der Waals surface area (Å²) >= 11 is 1.83. The van der Waals surface area contributed by atoms with Crippen LogP contribution < -0.4 is 0 Å². The first-order valence-corrected chi connectivity index (χ1v) is 17.4. The van der Waals surface area contributed by atoms with Gasteiger partial charge in [0.1, 0.15) is 11.2 Å². The smallest absolute Gasteiger partial charge is 0.164 e. The van der Waals surface area contributed by atoms with Gasteiger partial charge in [-0.15, -0.1) is 11.3 Å². The van der Waals surface area contributed by atoms with Gasteiger partial charge >= 0.3 is 0 Å². The van der Waals surface area contributed by atoms with Crippen molar-refractivity contribution < 1.29 is 4.42 Å². The Labute approximate surface area is 292 Å². The number of para-hydroxylation sites is 2. The lowest BCUT2D eigenvalue weighted by atomic mass is 9.94. The molecule has 0 amide bonds. The second-order valence-corrected chi connectivity index (χ2v) is 13.5. The molecule has 0 spiro atoms. The van der Waals surface area contributed by atoms with Gasteiger partial charge in [-0.25, -0.2) is 15.0 Å². The average Bonchev–Trinajstić information content (AvgIpc) is 3.76. The molecule has 0 saturated heterocycles. The van der Waals surface area contributed by atoms with E-state index in [0.29, 0.717) is 17.5 Å². The van der Waals surface area contributed by atoms with E-state index >= 15 is 0 Å². The lowest BCUT2D eigenvalue weighted by Crippen LogP contribution is -2.00. The molecule has 7 aromatic carbocycles. The fourth-order valence-corrected chi connectivity index (χ4v) is 7.98. The molecule has 50 heavy (non-hydrogen) atoms. The molecule has 10 rings (SSSR count). The van der Waals surface area contributed by atoms with Crippen molar-refractivity contribution in [3.05, 3.63) is 164 Å². The zero-order valence-corrected chi connectivity index (χ0v) is 27.6. The number of benzene rings is 7. The van der Waals surface area contributed by atoms with Crippen molar-refractivity contribution in [3.8, 4) is 56.4 Å². The normalized spacial score (nSPS) is 11.6.